The minimum atomic E-state index is 0.319. The van der Waals surface area contributed by atoms with Crippen LogP contribution in [0.15, 0.2) is 42.5 Å². The van der Waals surface area contributed by atoms with Crippen LogP contribution in [-0.2, 0) is 0 Å². The molecule has 0 amide bonds. The highest BCUT2D eigenvalue weighted by Crippen LogP contribution is 2.34. The van der Waals surface area contributed by atoms with Gasteiger partial charge in [0.25, 0.3) is 0 Å². The number of hydrogen-bond donors (Lipinski definition) is 1. The van der Waals surface area contributed by atoms with E-state index >= 15 is 0 Å². The van der Waals surface area contributed by atoms with Gasteiger partial charge >= 0.3 is 0 Å². The van der Waals surface area contributed by atoms with Gasteiger partial charge in [0.2, 0.25) is 5.95 Å². The Morgan fingerprint density at radius 1 is 0.880 bits per heavy atom. The fraction of sp³-hybridized carbons (Fsp3) is 0.0556. The molecule has 0 aliphatic rings. The second kappa shape index (κ2) is 7.28. The fourth-order valence-corrected chi connectivity index (χ4v) is 3.14. The lowest BCUT2D eigenvalue weighted by molar-refractivity contribution is 1.15. The summed E-state index contributed by atoms with van der Waals surface area (Å²) in [6.07, 6.45) is 0. The minimum absolute atomic E-state index is 0.319. The molecule has 7 heteroatoms. The summed E-state index contributed by atoms with van der Waals surface area (Å²) < 4.78 is 0. The quantitative estimate of drug-likeness (QED) is 0.625. The maximum absolute atomic E-state index is 9.74. The van der Waals surface area contributed by atoms with E-state index in [9.17, 15) is 5.26 Å². The van der Waals surface area contributed by atoms with Gasteiger partial charge in [0, 0.05) is 33.2 Å². The Morgan fingerprint density at radius 2 is 1.48 bits per heavy atom. The molecule has 25 heavy (non-hydrogen) atoms. The maximum Gasteiger partial charge on any atom is 0.223 e. The van der Waals surface area contributed by atoms with Crippen LogP contribution in [0, 0.1) is 11.3 Å². The molecular formula is C18H11Cl3N4. The van der Waals surface area contributed by atoms with Gasteiger partial charge in [0.15, 0.2) is 0 Å². The van der Waals surface area contributed by atoms with Crippen molar-refractivity contribution in [3.63, 3.8) is 0 Å². The maximum atomic E-state index is 9.74. The summed E-state index contributed by atoms with van der Waals surface area (Å²) in [5, 5.41) is 14.1. The second-order valence-electron chi connectivity index (χ2n) is 5.15. The monoisotopic (exact) mass is 388 g/mol. The first-order valence-corrected chi connectivity index (χ1v) is 8.37. The normalized spacial score (nSPS) is 10.4. The van der Waals surface area contributed by atoms with Gasteiger partial charge in [-0.2, -0.15) is 5.26 Å². The van der Waals surface area contributed by atoms with Gasteiger partial charge in [-0.15, -0.1) is 0 Å². The van der Waals surface area contributed by atoms with Crippen molar-refractivity contribution < 1.29 is 0 Å². The first kappa shape index (κ1) is 17.5. The van der Waals surface area contributed by atoms with Crippen LogP contribution >= 0.6 is 34.8 Å². The predicted octanol–water partition coefficient (Wildman–Crippen LogP) is 5.68. The van der Waals surface area contributed by atoms with Crippen LogP contribution in [0.3, 0.4) is 0 Å². The van der Waals surface area contributed by atoms with E-state index < -0.39 is 0 Å². The molecule has 0 fully saturated rings. The zero-order valence-electron chi connectivity index (χ0n) is 13.0. The van der Waals surface area contributed by atoms with Gasteiger partial charge in [-0.25, -0.2) is 9.97 Å². The molecule has 1 aromatic heterocycles. The lowest BCUT2D eigenvalue weighted by atomic mass is 10.0. The number of aromatic nitrogens is 2. The topological polar surface area (TPSA) is 61.6 Å². The van der Waals surface area contributed by atoms with Crippen LogP contribution in [0.4, 0.5) is 5.95 Å². The molecule has 0 saturated heterocycles. The SMILES string of the molecule is CNc1nc(-c2cccc(Cl)c2)c(C#N)c(-c2cc(Cl)cc(Cl)c2)n1. The Labute approximate surface area is 160 Å². The largest absolute Gasteiger partial charge is 0.357 e. The molecule has 1 N–H and O–H groups in total. The Bertz CT molecular complexity index is 976. The number of nitrogens with zero attached hydrogens (tertiary/aromatic N) is 3. The van der Waals surface area contributed by atoms with Crippen molar-refractivity contribution in [3.05, 3.63) is 63.1 Å². The van der Waals surface area contributed by atoms with Crippen molar-refractivity contribution in [2.75, 3.05) is 12.4 Å². The highest BCUT2D eigenvalue weighted by Gasteiger charge is 2.18. The molecule has 0 saturated carbocycles. The summed E-state index contributed by atoms with van der Waals surface area (Å²) >= 11 is 18.3. The number of benzene rings is 2. The van der Waals surface area contributed by atoms with Gasteiger partial charge in [0.1, 0.15) is 11.6 Å². The third-order valence-electron chi connectivity index (χ3n) is 3.48. The highest BCUT2D eigenvalue weighted by atomic mass is 35.5. The summed E-state index contributed by atoms with van der Waals surface area (Å²) in [4.78, 5) is 8.86. The van der Waals surface area contributed by atoms with E-state index in [-0.39, 0.29) is 0 Å². The van der Waals surface area contributed by atoms with E-state index in [0.717, 1.165) is 5.56 Å². The van der Waals surface area contributed by atoms with Crippen molar-refractivity contribution in [1.29, 1.82) is 5.26 Å². The molecule has 1 heterocycles. The van der Waals surface area contributed by atoms with Crippen molar-refractivity contribution in [1.82, 2.24) is 9.97 Å². The Balaban J connectivity index is 2.32. The molecule has 0 unspecified atom stereocenters. The molecule has 3 rings (SSSR count). The molecule has 0 aliphatic heterocycles. The van der Waals surface area contributed by atoms with E-state index in [1.165, 1.54) is 0 Å². The van der Waals surface area contributed by atoms with Crippen LogP contribution in [-0.4, -0.2) is 17.0 Å². The predicted molar refractivity (Wildman–Crippen MR) is 102 cm³/mol. The average molecular weight is 390 g/mol. The Morgan fingerprint density at radius 3 is 2.04 bits per heavy atom. The molecule has 4 nitrogen and oxygen atoms in total. The van der Waals surface area contributed by atoms with Crippen LogP contribution in [0.2, 0.25) is 15.1 Å². The summed E-state index contributed by atoms with van der Waals surface area (Å²) in [5.41, 5.74) is 2.60. The molecule has 0 bridgehead atoms. The smallest absolute Gasteiger partial charge is 0.223 e. The number of nitrogens with one attached hydrogen (secondary N) is 1. The molecule has 2 aromatic carbocycles. The number of nitriles is 1. The second-order valence-corrected chi connectivity index (χ2v) is 6.46. The molecule has 3 aromatic rings. The van der Waals surface area contributed by atoms with Gasteiger partial charge in [0.05, 0.1) is 11.4 Å². The van der Waals surface area contributed by atoms with Crippen molar-refractivity contribution in [2.24, 2.45) is 0 Å². The average Bonchev–Trinajstić information content (AvgIpc) is 2.59. The van der Waals surface area contributed by atoms with Crippen LogP contribution in [0.5, 0.6) is 0 Å². The van der Waals surface area contributed by atoms with E-state index in [0.29, 0.717) is 43.5 Å². The molecule has 0 radical (unpaired) electrons. The highest BCUT2D eigenvalue weighted by molar-refractivity contribution is 6.35. The first-order valence-electron chi connectivity index (χ1n) is 7.24. The van der Waals surface area contributed by atoms with Crippen molar-refractivity contribution in [3.8, 4) is 28.6 Å². The number of hydrogen-bond acceptors (Lipinski definition) is 4. The molecular weight excluding hydrogens is 379 g/mol. The Kier molecular flexibility index (Phi) is 5.10. The molecule has 0 spiro atoms. The van der Waals surface area contributed by atoms with Crippen LogP contribution in [0.1, 0.15) is 5.56 Å². The first-order chi connectivity index (χ1) is 12.0. The summed E-state index contributed by atoms with van der Waals surface area (Å²) in [7, 11) is 1.71. The third kappa shape index (κ3) is 3.69. The van der Waals surface area contributed by atoms with Crippen molar-refractivity contribution >= 4 is 40.8 Å². The lowest BCUT2D eigenvalue weighted by Crippen LogP contribution is -2.03. The van der Waals surface area contributed by atoms with Crippen LogP contribution < -0.4 is 5.32 Å². The van der Waals surface area contributed by atoms with E-state index in [2.05, 4.69) is 21.4 Å². The number of rotatable bonds is 3. The van der Waals surface area contributed by atoms with Crippen molar-refractivity contribution in [2.45, 2.75) is 0 Å². The standard InChI is InChI=1S/C18H11Cl3N4/c1-23-18-24-16(10-3-2-4-12(19)5-10)15(9-22)17(25-18)11-6-13(20)8-14(21)7-11/h2-8H,1H3,(H,23,24,25). The molecule has 0 aliphatic carbocycles. The summed E-state index contributed by atoms with van der Waals surface area (Å²) in [5.74, 6) is 0.375. The van der Waals surface area contributed by atoms with Gasteiger partial charge < -0.3 is 5.32 Å². The summed E-state index contributed by atoms with van der Waals surface area (Å²) in [6, 6.07) is 14.4. The number of anilines is 1. The zero-order chi connectivity index (χ0) is 18.0. The number of halogens is 3. The van der Waals surface area contributed by atoms with Gasteiger partial charge in [-0.05, 0) is 30.3 Å². The fourth-order valence-electron chi connectivity index (χ4n) is 2.42. The van der Waals surface area contributed by atoms with E-state index in [1.807, 2.05) is 6.07 Å². The lowest BCUT2D eigenvalue weighted by Gasteiger charge is -2.12. The molecule has 124 valence electrons. The minimum Gasteiger partial charge on any atom is -0.357 e. The Hall–Kier alpha value is -2.32. The van der Waals surface area contributed by atoms with E-state index in [1.54, 1.807) is 43.4 Å². The van der Waals surface area contributed by atoms with E-state index in [4.69, 9.17) is 34.8 Å². The summed E-state index contributed by atoms with van der Waals surface area (Å²) in [6.45, 7) is 0. The zero-order valence-corrected chi connectivity index (χ0v) is 15.3. The van der Waals surface area contributed by atoms with Gasteiger partial charge in [-0.3, -0.25) is 0 Å². The van der Waals surface area contributed by atoms with Gasteiger partial charge in [-0.1, -0.05) is 46.9 Å². The molecule has 0 atom stereocenters. The van der Waals surface area contributed by atoms with Crippen LogP contribution in [0.25, 0.3) is 22.5 Å². The third-order valence-corrected chi connectivity index (χ3v) is 4.15.